The lowest BCUT2D eigenvalue weighted by molar-refractivity contribution is 0.231. The molecule has 0 aliphatic carbocycles. The zero-order valence-electron chi connectivity index (χ0n) is 66.0. The number of nitrogens with zero attached hydrogens (tertiary/aromatic N) is 23. The van der Waals surface area contributed by atoms with Crippen molar-refractivity contribution in [3.8, 4) is 45.3 Å². The molecule has 4 saturated heterocycles. The fourth-order valence-corrected chi connectivity index (χ4v) is 16.3. The van der Waals surface area contributed by atoms with Crippen LogP contribution in [0.1, 0.15) is 80.8 Å². The highest BCUT2D eigenvalue weighted by molar-refractivity contribution is 5.84. The minimum atomic E-state index is -0.106. The van der Waals surface area contributed by atoms with E-state index in [9.17, 15) is 19.2 Å². The molecule has 5 aliphatic rings. The maximum Gasteiger partial charge on any atom is 0.258 e. The van der Waals surface area contributed by atoms with Crippen LogP contribution in [-0.2, 0) is 7.05 Å². The Morgan fingerprint density at radius 1 is 0.496 bits per heavy atom. The molecule has 5 aliphatic heterocycles. The van der Waals surface area contributed by atoms with Crippen molar-refractivity contribution in [3.63, 3.8) is 0 Å². The Morgan fingerprint density at radius 3 is 1.66 bits per heavy atom. The molecule has 586 valence electrons. The zero-order valence-corrected chi connectivity index (χ0v) is 66.0. The number of benzene rings is 1. The van der Waals surface area contributed by atoms with E-state index in [1.165, 1.54) is 36.9 Å². The highest BCUT2D eigenvalue weighted by atomic mass is 16.1. The van der Waals surface area contributed by atoms with Gasteiger partial charge in [0.1, 0.15) is 39.8 Å². The molecule has 20 rings (SSSR count). The van der Waals surface area contributed by atoms with E-state index >= 15 is 0 Å². The molecular formula is C87H94N24O4. The third-order valence-corrected chi connectivity index (χ3v) is 22.8. The minimum absolute atomic E-state index is 0.0579. The van der Waals surface area contributed by atoms with Gasteiger partial charge in [-0.05, 0) is 187 Å². The molecule has 0 spiro atoms. The number of rotatable bonds is 12. The van der Waals surface area contributed by atoms with Gasteiger partial charge in [0, 0.05) is 158 Å². The van der Waals surface area contributed by atoms with Gasteiger partial charge in [-0.1, -0.05) is 32.1 Å². The predicted molar refractivity (Wildman–Crippen MR) is 452 cm³/mol. The quantitative estimate of drug-likeness (QED) is 0.119. The maximum atomic E-state index is 12.9. The Hall–Kier alpha value is -12.5. The Kier molecular flexibility index (Phi) is 21.3. The van der Waals surface area contributed by atoms with E-state index in [4.69, 9.17) is 9.97 Å². The number of piperidine rings is 1. The van der Waals surface area contributed by atoms with Gasteiger partial charge in [-0.2, -0.15) is 15.3 Å². The van der Waals surface area contributed by atoms with Gasteiger partial charge in [-0.15, -0.1) is 0 Å². The number of aryl methyl sites for hydroxylation is 3. The van der Waals surface area contributed by atoms with Crippen LogP contribution in [0.4, 0.5) is 17.2 Å². The summed E-state index contributed by atoms with van der Waals surface area (Å²) in [7, 11) is 5.81. The highest BCUT2D eigenvalue weighted by Gasteiger charge is 2.31. The van der Waals surface area contributed by atoms with E-state index in [0.29, 0.717) is 68.7 Å². The first-order valence-corrected chi connectivity index (χ1v) is 39.9. The first-order chi connectivity index (χ1) is 56.0. The van der Waals surface area contributed by atoms with Crippen LogP contribution in [0.15, 0.2) is 202 Å². The van der Waals surface area contributed by atoms with Crippen molar-refractivity contribution >= 4 is 67.3 Å². The van der Waals surface area contributed by atoms with Gasteiger partial charge in [0.15, 0.2) is 0 Å². The first kappa shape index (κ1) is 75.2. The van der Waals surface area contributed by atoms with Gasteiger partial charge >= 0.3 is 0 Å². The second-order valence-electron chi connectivity index (χ2n) is 30.7. The molecule has 0 amide bonds. The summed E-state index contributed by atoms with van der Waals surface area (Å²) in [6.07, 6.45) is 27.8. The lowest BCUT2D eigenvalue weighted by Gasteiger charge is -2.38. The smallest absolute Gasteiger partial charge is 0.258 e. The highest BCUT2D eigenvalue weighted by Crippen LogP contribution is 2.31. The van der Waals surface area contributed by atoms with Crippen LogP contribution >= 0.6 is 0 Å². The van der Waals surface area contributed by atoms with Gasteiger partial charge in [-0.25, -0.2) is 34.0 Å². The standard InChI is InChI=1S/C24H25N5O.C22H23N7O.C21H23N7O.C20H23N5O/c1-3-10-28-11-8-17(9-12-28)19-5-7-23-26-21(14-24(30)29(23)16-19)18-4-6-22-20(13-18)15-25-27(22)2;1-15-12-29-18(11-23-15)9-20(25-29)19-10-22(30)28-14-17(4-5-21(28)24-19)27-8-7-26-6-2-3-16(26)13-27;1-3-25-6-8-26(9-7-25)16-4-5-20-23-18(11-21(29)27(20)14-16)19-10-17-12-22-15(2)13-28(17)24-19;1-24(2)18-5-3-15(12-22-18)17-11-20(26)25-13-16(4-6-19(25)23-17)14-7-9-21-10-8-14/h4-8,13-16H,3,9-12H2,1-2H3;4-5,9-12,14,16H,2-3,6-8,13H2,1H3;4-5,10-14H,3,6-9H2,1-2H3;3-6,11-14,21H,7-10H2,1-2H3/t;16-;;/m.1../s1. The number of anilines is 3. The maximum absolute atomic E-state index is 12.9. The molecule has 1 N–H and O–H groups in total. The number of fused-ring (bicyclic) bond motifs is 8. The van der Waals surface area contributed by atoms with Crippen molar-refractivity contribution in [2.24, 2.45) is 7.05 Å². The van der Waals surface area contributed by atoms with Crippen molar-refractivity contribution in [1.29, 1.82) is 0 Å². The number of hydrogen-bond acceptors (Lipinski definition) is 21. The number of aromatic nitrogens is 17. The third-order valence-electron chi connectivity index (χ3n) is 22.8. The van der Waals surface area contributed by atoms with E-state index in [1.54, 1.807) is 69.5 Å². The molecular weight excluding hydrogens is 1450 g/mol. The van der Waals surface area contributed by atoms with Crippen molar-refractivity contribution < 1.29 is 0 Å². The van der Waals surface area contributed by atoms with Crippen LogP contribution in [0, 0.1) is 13.8 Å². The SMILES string of the molecule is CCCN1CC=C(c2ccc3nc(-c4ccc5c(cnn5C)c4)cc(=O)n3c2)CC1.CCN1CCN(c2ccc3nc(-c4cc5cnc(C)cn5n4)cc(=O)n3c2)CC1.CN(C)c1ccc(-c2cc(=O)n3cc(C4CCNCC4)ccc3n2)cn1.Cc1cn2nc(-c3cc(=O)n4cc(N5CCN6CCC[C@@H]6C5)ccc4n3)cc2cn1. The molecule has 28 nitrogen and oxygen atoms in total. The number of likely N-dealkylation sites (N-methyl/N-ethyl adjacent to an activating group) is 1. The van der Waals surface area contributed by atoms with E-state index < -0.39 is 0 Å². The molecule has 0 bridgehead atoms. The Balaban J connectivity index is 0.000000111. The van der Waals surface area contributed by atoms with Crippen molar-refractivity contribution in [3.05, 3.63) is 247 Å². The first-order valence-electron chi connectivity index (χ1n) is 39.9. The Bertz CT molecular complexity index is 6420. The molecule has 4 fully saturated rings. The number of piperazine rings is 2. The minimum Gasteiger partial charge on any atom is -0.368 e. The van der Waals surface area contributed by atoms with Crippen LogP contribution in [0.2, 0.25) is 0 Å². The molecule has 15 aromatic rings. The second kappa shape index (κ2) is 32.5. The summed E-state index contributed by atoms with van der Waals surface area (Å²) in [6.45, 7) is 22.9. The van der Waals surface area contributed by atoms with Gasteiger partial charge in [0.05, 0.1) is 93.1 Å². The fraction of sp³-hybridized carbons (Fsp3) is 0.333. The van der Waals surface area contributed by atoms with E-state index in [-0.39, 0.29) is 22.2 Å². The van der Waals surface area contributed by atoms with Crippen molar-refractivity contribution in [2.45, 2.75) is 78.2 Å². The number of hydrogen-bond donors (Lipinski definition) is 1. The summed E-state index contributed by atoms with van der Waals surface area (Å²) in [5.41, 5.74) is 18.2. The molecule has 0 unspecified atom stereocenters. The summed E-state index contributed by atoms with van der Waals surface area (Å²) in [5, 5.41) is 17.8. The molecule has 0 saturated carbocycles. The van der Waals surface area contributed by atoms with Crippen LogP contribution in [-0.4, -0.2) is 208 Å². The van der Waals surface area contributed by atoms with Crippen LogP contribution in [0.5, 0.6) is 0 Å². The lowest BCUT2D eigenvalue weighted by atomic mass is 9.91. The van der Waals surface area contributed by atoms with Crippen LogP contribution in [0.25, 0.3) is 95.4 Å². The average molecular weight is 1540 g/mol. The third kappa shape index (κ3) is 16.1. The monoisotopic (exact) mass is 1540 g/mol. The van der Waals surface area contributed by atoms with Gasteiger partial charge in [0.2, 0.25) is 0 Å². The largest absolute Gasteiger partial charge is 0.368 e. The summed E-state index contributed by atoms with van der Waals surface area (Å²) < 4.78 is 11.9. The second-order valence-corrected chi connectivity index (χ2v) is 30.7. The molecule has 115 heavy (non-hydrogen) atoms. The summed E-state index contributed by atoms with van der Waals surface area (Å²) in [5.74, 6) is 1.38. The van der Waals surface area contributed by atoms with Crippen LogP contribution in [0.3, 0.4) is 0 Å². The molecule has 1 aromatic carbocycles. The molecule has 0 radical (unpaired) electrons. The molecule has 19 heterocycles. The molecule has 14 aromatic heterocycles. The van der Waals surface area contributed by atoms with Crippen molar-refractivity contribution in [2.75, 3.05) is 120 Å². The summed E-state index contributed by atoms with van der Waals surface area (Å²) in [4.78, 5) is 97.2. The number of nitrogens with one attached hydrogen (secondary N) is 1. The molecule has 1 atom stereocenters. The van der Waals surface area contributed by atoms with E-state index in [1.807, 2.05) is 161 Å². The Labute approximate surface area is 663 Å². The number of pyridine rings is 5. The van der Waals surface area contributed by atoms with E-state index in [2.05, 4.69) is 108 Å². The summed E-state index contributed by atoms with van der Waals surface area (Å²) >= 11 is 0. The Morgan fingerprint density at radius 2 is 1.06 bits per heavy atom. The zero-order chi connectivity index (χ0) is 79.0. The summed E-state index contributed by atoms with van der Waals surface area (Å²) in [6, 6.07) is 36.7. The van der Waals surface area contributed by atoms with Gasteiger partial charge < -0.3 is 24.9 Å². The van der Waals surface area contributed by atoms with E-state index in [0.717, 1.165) is 172 Å². The lowest BCUT2D eigenvalue weighted by Crippen LogP contribution is -2.50. The average Bonchev–Trinajstić information content (AvgIpc) is 1.68. The topological polar surface area (TPSA) is 260 Å². The fourth-order valence-electron chi connectivity index (χ4n) is 16.3. The normalized spacial score (nSPS) is 16.4. The predicted octanol–water partition coefficient (Wildman–Crippen LogP) is 9.89. The van der Waals surface area contributed by atoms with Gasteiger partial charge in [0.25, 0.3) is 22.2 Å². The van der Waals surface area contributed by atoms with Crippen molar-refractivity contribution in [1.82, 2.24) is 102 Å². The van der Waals surface area contributed by atoms with Crippen LogP contribution < -0.4 is 42.3 Å². The van der Waals surface area contributed by atoms with Gasteiger partial charge in [-0.3, -0.25) is 61.2 Å². The molecule has 28 heteroatoms.